The van der Waals surface area contributed by atoms with Crippen LogP contribution in [0.15, 0.2) is 212 Å². The first-order valence-electron chi connectivity index (χ1n) is 46.6. The minimum atomic E-state index is -4.19. The van der Waals surface area contributed by atoms with Crippen molar-refractivity contribution in [3.05, 3.63) is 280 Å². The second kappa shape index (κ2) is 52.5. The maximum atomic E-state index is 14.1. The van der Waals surface area contributed by atoms with Gasteiger partial charge in [-0.3, -0.25) is 76.2 Å². The number of phosphoric ester groups is 2. The summed E-state index contributed by atoms with van der Waals surface area (Å²) in [6, 6.07) is 41.4. The van der Waals surface area contributed by atoms with Gasteiger partial charge >= 0.3 is 32.5 Å². The first-order valence-corrected chi connectivity index (χ1v) is 49.6. The summed E-state index contributed by atoms with van der Waals surface area (Å²) in [5.41, 5.74) is 16.4. The number of aromatic nitrogens is 6. The predicted octanol–water partition coefficient (Wildman–Crippen LogP) is 21.9. The zero-order valence-corrected chi connectivity index (χ0v) is 84.1. The Labute approximate surface area is 818 Å². The average Bonchev–Trinajstić information content (AvgIpc) is 1.65. The van der Waals surface area contributed by atoms with Crippen LogP contribution in [0.2, 0.25) is 0 Å². The quantitative estimate of drug-likeness (QED) is 0.0119. The molecule has 34 heteroatoms. The number of benzene rings is 3. The summed E-state index contributed by atoms with van der Waals surface area (Å²) in [7, 11) is -8.12. The van der Waals surface area contributed by atoms with Crippen LogP contribution >= 0.6 is 15.6 Å². The van der Waals surface area contributed by atoms with Crippen molar-refractivity contribution >= 4 is 105 Å². The molecule has 12 heterocycles. The third-order valence-electron chi connectivity index (χ3n) is 23.0. The van der Waals surface area contributed by atoms with Gasteiger partial charge in [0, 0.05) is 192 Å². The summed E-state index contributed by atoms with van der Waals surface area (Å²) in [6.45, 7) is 23.5. The number of carbonyl (C=O) groups excluding carboxylic acids is 4. The van der Waals surface area contributed by atoms with Gasteiger partial charge in [-0.1, -0.05) is 57.4 Å². The van der Waals surface area contributed by atoms with Crippen molar-refractivity contribution in [1.82, 2.24) is 51.2 Å². The van der Waals surface area contributed by atoms with Gasteiger partial charge in [0.25, 0.3) is 0 Å². The van der Waals surface area contributed by atoms with Gasteiger partial charge in [-0.15, -0.1) is 0 Å². The van der Waals surface area contributed by atoms with Gasteiger partial charge < -0.3 is 47.8 Å². The second-order valence-corrected chi connectivity index (χ2v) is 36.8. The van der Waals surface area contributed by atoms with E-state index in [-0.39, 0.29) is 141 Å². The van der Waals surface area contributed by atoms with Crippen molar-refractivity contribution in [2.45, 2.75) is 205 Å². The summed E-state index contributed by atoms with van der Waals surface area (Å²) >= 11 is 0. The first kappa shape index (κ1) is 107. The van der Waals surface area contributed by atoms with Crippen LogP contribution in [0.1, 0.15) is 189 Å². The molecular weight excluding hydrogens is 1900 g/mol. The van der Waals surface area contributed by atoms with Crippen molar-refractivity contribution in [3.8, 4) is 34.2 Å². The molecule has 0 aliphatic heterocycles. The Kier molecular flexibility index (Phi) is 40.4. The van der Waals surface area contributed by atoms with Crippen LogP contribution in [0.3, 0.4) is 0 Å². The molecule has 4 amide bonds. The predicted molar refractivity (Wildman–Crippen MR) is 530 cm³/mol. The number of nitrogens with one attached hydrogen (secondary N) is 4. The smallest absolute Gasteiger partial charge is 0.461 e. The van der Waals surface area contributed by atoms with Crippen molar-refractivity contribution in [2.24, 2.45) is 0 Å². The Morgan fingerprint density at radius 3 is 0.986 bits per heavy atom. The van der Waals surface area contributed by atoms with Gasteiger partial charge in [0.1, 0.15) is 50.8 Å². The number of unbranched alkanes of at least 4 members (excludes halogenated alkanes) is 5. The number of pyridine rings is 6. The number of hydrogen-bond acceptors (Lipinski definition) is 27. The number of fused-ring (bicyclic) bond motifs is 6. The SMILES string of the molecule is CCC(=O)NCCCCc1ccnc(-c2cc(C)ccn2)c1.CCCOP(=O)(OCCCCCCCOP(=O)(OCCCC(=O)NCc1c(C)oc2c(C)c3oc(=O)cc(C)c3cc12)OCCCC(=O)NCc1c(C)oc2c(C)c3oc(=O)cc(C)c3cc12)OCCCC(=O)NCc1c(C)oc2c(C)c3oc(=O)cc(C)c3cc12.[Ru].c1ccc(-c2ccccn2)nc1.c1ccc(-c2ccccn2)nc1. The molecule has 734 valence electrons. The molecular formula is C105H120N10O21P2Ru. The fourth-order valence-electron chi connectivity index (χ4n) is 15.6. The number of amides is 4. The Bertz CT molecular complexity index is 6670. The molecule has 0 saturated carbocycles. The van der Waals surface area contributed by atoms with Crippen LogP contribution < -0.4 is 38.1 Å². The van der Waals surface area contributed by atoms with Crippen molar-refractivity contribution in [1.29, 1.82) is 0 Å². The Morgan fingerprint density at radius 2 is 0.647 bits per heavy atom. The van der Waals surface area contributed by atoms with Crippen LogP contribution in [-0.2, 0) is 101 Å². The van der Waals surface area contributed by atoms with Crippen molar-refractivity contribution < 1.29 is 101 Å². The molecule has 0 aliphatic carbocycles. The van der Waals surface area contributed by atoms with E-state index in [2.05, 4.69) is 64.2 Å². The second-order valence-electron chi connectivity index (χ2n) is 33.5. The molecule has 31 nitrogen and oxygen atoms in total. The van der Waals surface area contributed by atoms with Crippen molar-refractivity contribution in [3.63, 3.8) is 0 Å². The number of carbonyl (C=O) groups is 4. The van der Waals surface area contributed by atoms with Crippen LogP contribution in [0.4, 0.5) is 0 Å². The molecule has 1 unspecified atom stereocenters. The summed E-state index contributed by atoms with van der Waals surface area (Å²) in [4.78, 5) is 112. The number of aryl methyl sites for hydroxylation is 11. The van der Waals surface area contributed by atoms with E-state index in [0.717, 1.165) is 132 Å². The average molecular weight is 2020 g/mol. The molecule has 0 spiro atoms. The molecule has 15 rings (SSSR count). The molecule has 0 bridgehead atoms. The number of hydrogen-bond donors (Lipinski definition) is 4. The molecule has 15 aromatic rings. The molecule has 0 saturated heterocycles. The molecule has 3 aromatic carbocycles. The largest absolute Gasteiger partial charge is 0.474 e. The minimum absolute atomic E-state index is 0. The zero-order chi connectivity index (χ0) is 98.3. The van der Waals surface area contributed by atoms with E-state index in [4.69, 9.17) is 53.6 Å². The normalized spacial score (nSPS) is 11.8. The van der Waals surface area contributed by atoms with E-state index in [1.807, 2.05) is 184 Å². The summed E-state index contributed by atoms with van der Waals surface area (Å²) in [5.74, 6) is 1.16. The van der Waals surface area contributed by atoms with Crippen LogP contribution in [-0.4, -0.2) is 99.7 Å². The molecule has 139 heavy (non-hydrogen) atoms. The van der Waals surface area contributed by atoms with E-state index >= 15 is 0 Å². The van der Waals surface area contributed by atoms with E-state index < -0.39 is 32.5 Å². The topological polar surface area (TPSA) is 413 Å². The molecule has 0 aliphatic rings. The maximum absolute atomic E-state index is 14.1. The number of phosphoric acid groups is 2. The van der Waals surface area contributed by atoms with E-state index in [9.17, 15) is 42.7 Å². The standard InChI is InChI=1S/C67H81N3O20P2.C18H23N3O.2C10H8N2.Ru/c1-11-23-79-91(77,82-26-17-20-56(71)68-35-53-44(8)85-65-41(5)62-47(32-50(53)65)38(2)29-59(74)88-62)80-24-15-13-12-14-16-25-81-92(78,83-27-18-21-57(72)69-36-54-45(9)86-66-42(6)63-48(33-51(54)66)39(3)30-60(75)89-63)84-28-19-22-58(73)70-37-55-46(10)87-67-43(7)64-49(34-52(55)67)40(4)31-61(76)90-64;1-3-18(22)21-9-5-4-6-15-8-11-20-17(13-15)16-12-14(2)7-10-19-16;2*1-3-7-11-9(5-1)10-6-2-4-8-12-10;/h29-34H,11-28,35-37H2,1-10H3,(H,68,71)(H,69,72)(H,70,73);7-8,10-13H,3-6,9H2,1-2H3,(H,21,22);2*1-8H;. The van der Waals surface area contributed by atoms with Crippen molar-refractivity contribution in [2.75, 3.05) is 46.2 Å². The third-order valence-corrected chi connectivity index (χ3v) is 26.0. The minimum Gasteiger partial charge on any atom is -0.461 e. The number of nitrogens with zero attached hydrogens (tertiary/aromatic N) is 6. The Hall–Kier alpha value is -12.5. The van der Waals surface area contributed by atoms with Crippen LogP contribution in [0.5, 0.6) is 0 Å². The van der Waals surface area contributed by atoms with Gasteiger partial charge in [-0.25, -0.2) is 23.5 Å². The van der Waals surface area contributed by atoms with Gasteiger partial charge in [0.2, 0.25) is 23.6 Å². The fourth-order valence-corrected chi connectivity index (χ4v) is 18.2. The molecule has 4 N–H and O–H groups in total. The number of rotatable bonds is 43. The summed E-state index contributed by atoms with van der Waals surface area (Å²) in [6.07, 6.45) is 18.8. The first-order chi connectivity index (χ1) is 66.6. The molecule has 0 fully saturated rings. The molecule has 0 radical (unpaired) electrons. The molecule has 12 aromatic heterocycles. The van der Waals surface area contributed by atoms with Crippen LogP contribution in [0.25, 0.3) is 100.0 Å². The number of furan rings is 3. The van der Waals surface area contributed by atoms with E-state index in [1.165, 1.54) is 29.3 Å². The fraction of sp³-hybridized carbons (Fsp3) is 0.362. The van der Waals surface area contributed by atoms with Gasteiger partial charge in [0.15, 0.2) is 0 Å². The third kappa shape index (κ3) is 30.3. The zero-order valence-electron chi connectivity index (χ0n) is 80.6. The summed E-state index contributed by atoms with van der Waals surface area (Å²) in [5, 5.41) is 16.5. The Balaban J connectivity index is 0.000000314. The monoisotopic (exact) mass is 2020 g/mol. The Morgan fingerprint density at radius 1 is 0.324 bits per heavy atom. The summed E-state index contributed by atoms with van der Waals surface area (Å²) < 4.78 is 96.7. The molecule has 1 atom stereocenters. The van der Waals surface area contributed by atoms with Gasteiger partial charge in [-0.2, -0.15) is 0 Å². The van der Waals surface area contributed by atoms with Gasteiger partial charge in [-0.05, 0) is 246 Å². The van der Waals surface area contributed by atoms with Gasteiger partial charge in [0.05, 0.1) is 73.8 Å². The van der Waals surface area contributed by atoms with E-state index in [1.54, 1.807) is 38.6 Å². The maximum Gasteiger partial charge on any atom is 0.474 e. The van der Waals surface area contributed by atoms with Crippen LogP contribution in [0, 0.1) is 69.2 Å². The van der Waals surface area contributed by atoms with E-state index in [0.29, 0.717) is 106 Å².